The van der Waals surface area contributed by atoms with Gasteiger partial charge in [0.05, 0.1) is 18.5 Å². The third-order valence-corrected chi connectivity index (χ3v) is 4.48. The Balaban J connectivity index is 1.69. The summed E-state index contributed by atoms with van der Waals surface area (Å²) in [6.45, 7) is 0. The van der Waals surface area contributed by atoms with E-state index in [4.69, 9.17) is 5.73 Å². The van der Waals surface area contributed by atoms with Gasteiger partial charge < -0.3 is 16.4 Å². The van der Waals surface area contributed by atoms with Crippen LogP contribution < -0.4 is 16.4 Å². The van der Waals surface area contributed by atoms with Gasteiger partial charge in [0, 0.05) is 0 Å². The van der Waals surface area contributed by atoms with Crippen molar-refractivity contribution in [1.82, 2.24) is 10.6 Å². The lowest BCUT2D eigenvalue weighted by Gasteiger charge is -2.22. The maximum atomic E-state index is 12.6. The van der Waals surface area contributed by atoms with Crippen LogP contribution in [0.15, 0.2) is 60.7 Å². The fourth-order valence-electron chi connectivity index (χ4n) is 3.09. The van der Waals surface area contributed by atoms with E-state index in [2.05, 4.69) is 10.6 Å². The second-order valence-corrected chi connectivity index (χ2v) is 6.47. The van der Waals surface area contributed by atoms with Crippen molar-refractivity contribution in [2.24, 2.45) is 11.7 Å². The number of primary amides is 1. The van der Waals surface area contributed by atoms with E-state index in [-0.39, 0.29) is 18.4 Å². The summed E-state index contributed by atoms with van der Waals surface area (Å²) in [4.78, 5) is 23.9. The first-order chi connectivity index (χ1) is 12.1. The van der Waals surface area contributed by atoms with E-state index >= 15 is 0 Å². The molecule has 2 atom stereocenters. The largest absolute Gasteiger partial charge is 0.352 e. The van der Waals surface area contributed by atoms with E-state index < -0.39 is 12.1 Å². The number of urea groups is 1. The summed E-state index contributed by atoms with van der Waals surface area (Å²) in [5.41, 5.74) is 7.26. The van der Waals surface area contributed by atoms with E-state index in [1.165, 1.54) is 0 Å². The highest BCUT2D eigenvalue weighted by molar-refractivity contribution is 5.79. The molecule has 0 heterocycles. The maximum absolute atomic E-state index is 12.6. The number of hydrogen-bond donors (Lipinski definition) is 3. The number of nitrogens with one attached hydrogen (secondary N) is 2. The van der Waals surface area contributed by atoms with Crippen molar-refractivity contribution in [3.05, 3.63) is 71.8 Å². The summed E-state index contributed by atoms with van der Waals surface area (Å²) in [7, 11) is 0. The zero-order valence-electron chi connectivity index (χ0n) is 14.0. The van der Waals surface area contributed by atoms with Crippen LogP contribution in [-0.2, 0) is 4.79 Å². The minimum absolute atomic E-state index is 0.0266. The molecule has 1 aliphatic rings. The molecule has 0 aliphatic heterocycles. The molecular weight excluding hydrogens is 314 g/mol. The molecule has 0 radical (unpaired) electrons. The number of carbonyl (C=O) groups is 2. The monoisotopic (exact) mass is 337 g/mol. The lowest BCUT2D eigenvalue weighted by Crippen LogP contribution is -2.38. The Bertz CT molecular complexity index is 714. The second kappa shape index (κ2) is 7.83. The number of benzene rings is 2. The molecule has 0 aromatic heterocycles. The third-order valence-electron chi connectivity index (χ3n) is 4.48. The molecule has 0 saturated heterocycles. The normalized spacial score (nSPS) is 15.8. The first-order valence-electron chi connectivity index (χ1n) is 8.58. The van der Waals surface area contributed by atoms with Gasteiger partial charge in [-0.3, -0.25) is 4.79 Å². The molecular formula is C20H23N3O2. The van der Waals surface area contributed by atoms with Crippen molar-refractivity contribution in [3.63, 3.8) is 0 Å². The Morgan fingerprint density at radius 3 is 2.00 bits per heavy atom. The Morgan fingerprint density at radius 1 is 0.920 bits per heavy atom. The molecule has 2 aromatic carbocycles. The fraction of sp³-hybridized carbons (Fsp3) is 0.300. The van der Waals surface area contributed by atoms with Crippen molar-refractivity contribution in [3.8, 4) is 0 Å². The minimum Gasteiger partial charge on any atom is -0.352 e. The van der Waals surface area contributed by atoms with Crippen molar-refractivity contribution in [2.45, 2.75) is 31.3 Å². The Kier molecular flexibility index (Phi) is 5.33. The molecule has 0 bridgehead atoms. The summed E-state index contributed by atoms with van der Waals surface area (Å²) in [6.07, 6.45) is 2.41. The molecule has 1 fully saturated rings. The molecule has 5 nitrogen and oxygen atoms in total. The number of amides is 3. The van der Waals surface area contributed by atoms with Gasteiger partial charge in [0.15, 0.2) is 0 Å². The highest BCUT2D eigenvalue weighted by Gasteiger charge is 2.33. The van der Waals surface area contributed by atoms with Crippen LogP contribution in [0.5, 0.6) is 0 Å². The van der Waals surface area contributed by atoms with Crippen molar-refractivity contribution >= 4 is 11.9 Å². The summed E-state index contributed by atoms with van der Waals surface area (Å²) in [5.74, 6) is 0.397. The zero-order valence-corrected chi connectivity index (χ0v) is 14.0. The molecule has 130 valence electrons. The van der Waals surface area contributed by atoms with Crippen LogP contribution in [0.2, 0.25) is 0 Å². The summed E-state index contributed by atoms with van der Waals surface area (Å²) in [5, 5.41) is 5.80. The first-order valence-corrected chi connectivity index (χ1v) is 8.58. The summed E-state index contributed by atoms with van der Waals surface area (Å²) >= 11 is 0. The van der Waals surface area contributed by atoms with Gasteiger partial charge in [-0.2, -0.15) is 0 Å². The molecule has 1 saturated carbocycles. The number of hydrogen-bond acceptors (Lipinski definition) is 2. The van der Waals surface area contributed by atoms with Gasteiger partial charge in [0.2, 0.25) is 5.91 Å². The predicted molar refractivity (Wildman–Crippen MR) is 96.6 cm³/mol. The molecule has 5 heteroatoms. The minimum atomic E-state index is -0.636. The lowest BCUT2D eigenvalue weighted by molar-refractivity contribution is -0.122. The van der Waals surface area contributed by atoms with Crippen LogP contribution in [0.4, 0.5) is 4.79 Å². The Hall–Kier alpha value is -2.82. The maximum Gasteiger partial charge on any atom is 0.312 e. The SMILES string of the molecule is NC(=O)NC(CC(=O)NC(c1ccccc1)C1CC1)c1ccccc1. The summed E-state index contributed by atoms with van der Waals surface area (Å²) < 4.78 is 0. The number of carbonyl (C=O) groups excluding carboxylic acids is 2. The zero-order chi connectivity index (χ0) is 17.6. The van der Waals surface area contributed by atoms with Crippen LogP contribution in [0, 0.1) is 5.92 Å². The molecule has 1 aliphatic carbocycles. The van der Waals surface area contributed by atoms with Gasteiger partial charge in [-0.25, -0.2) is 4.79 Å². The van der Waals surface area contributed by atoms with E-state index in [1.54, 1.807) is 0 Å². The van der Waals surface area contributed by atoms with E-state index in [9.17, 15) is 9.59 Å². The predicted octanol–water partition coefficient (Wildman–Crippen LogP) is 3.05. The highest BCUT2D eigenvalue weighted by atomic mass is 16.2. The first kappa shape index (κ1) is 17.0. The van der Waals surface area contributed by atoms with Gasteiger partial charge in [0.25, 0.3) is 0 Å². The quantitative estimate of drug-likeness (QED) is 0.725. The van der Waals surface area contributed by atoms with E-state index in [0.717, 1.165) is 24.0 Å². The molecule has 2 unspecified atom stereocenters. The fourth-order valence-corrected chi connectivity index (χ4v) is 3.09. The summed E-state index contributed by atoms with van der Waals surface area (Å²) in [6, 6.07) is 18.4. The number of rotatable bonds is 7. The standard InChI is InChI=1S/C20H23N3O2/c21-20(25)22-17(14-7-3-1-4-8-14)13-18(24)23-19(16-11-12-16)15-9-5-2-6-10-15/h1-10,16-17,19H,11-13H2,(H,23,24)(H3,21,22,25). The van der Waals surface area contributed by atoms with Gasteiger partial charge in [-0.1, -0.05) is 60.7 Å². The molecule has 0 spiro atoms. The highest BCUT2D eigenvalue weighted by Crippen LogP contribution is 2.41. The van der Waals surface area contributed by atoms with Gasteiger partial charge in [-0.15, -0.1) is 0 Å². The average Bonchev–Trinajstić information content (AvgIpc) is 3.45. The van der Waals surface area contributed by atoms with Crippen LogP contribution >= 0.6 is 0 Å². The van der Waals surface area contributed by atoms with Crippen LogP contribution in [0.3, 0.4) is 0 Å². The molecule has 2 aromatic rings. The molecule has 4 N–H and O–H groups in total. The molecule has 3 amide bonds. The van der Waals surface area contributed by atoms with Crippen LogP contribution in [0.25, 0.3) is 0 Å². The smallest absolute Gasteiger partial charge is 0.312 e. The van der Waals surface area contributed by atoms with Gasteiger partial charge in [-0.05, 0) is 29.9 Å². The lowest BCUT2D eigenvalue weighted by atomic mass is 10.0. The van der Waals surface area contributed by atoms with Crippen LogP contribution in [0.1, 0.15) is 42.5 Å². The van der Waals surface area contributed by atoms with Crippen LogP contribution in [-0.4, -0.2) is 11.9 Å². The molecule has 25 heavy (non-hydrogen) atoms. The Labute approximate surface area is 147 Å². The van der Waals surface area contributed by atoms with Crippen molar-refractivity contribution in [1.29, 1.82) is 0 Å². The van der Waals surface area contributed by atoms with Gasteiger partial charge >= 0.3 is 6.03 Å². The van der Waals surface area contributed by atoms with Gasteiger partial charge in [0.1, 0.15) is 0 Å². The Morgan fingerprint density at radius 2 is 1.48 bits per heavy atom. The average molecular weight is 337 g/mol. The topological polar surface area (TPSA) is 84.2 Å². The number of nitrogens with two attached hydrogens (primary N) is 1. The van der Waals surface area contributed by atoms with E-state index in [1.807, 2.05) is 60.7 Å². The second-order valence-electron chi connectivity index (χ2n) is 6.47. The third kappa shape index (κ3) is 4.83. The van der Waals surface area contributed by atoms with E-state index in [0.29, 0.717) is 5.92 Å². The molecule has 3 rings (SSSR count). The van der Waals surface area contributed by atoms with Crippen molar-refractivity contribution < 1.29 is 9.59 Å². The van der Waals surface area contributed by atoms with Crippen molar-refractivity contribution in [2.75, 3.05) is 0 Å².